The third kappa shape index (κ3) is 10.0. The van der Waals surface area contributed by atoms with Gasteiger partial charge in [0.05, 0.1) is 0 Å². The Morgan fingerprint density at radius 2 is 1.11 bits per heavy atom. The fraction of sp³-hybridized carbons (Fsp3) is 0.256. The number of hydrogen-bond acceptors (Lipinski definition) is 6. The lowest BCUT2D eigenvalue weighted by atomic mass is 9.96. The Hall–Kier alpha value is -6.16. The molecule has 0 aromatic heterocycles. The van der Waals surface area contributed by atoms with Gasteiger partial charge in [-0.2, -0.15) is 0 Å². The van der Waals surface area contributed by atoms with Crippen LogP contribution in [0, 0.1) is 0 Å². The Morgan fingerprint density at radius 1 is 0.623 bits per heavy atom. The minimum absolute atomic E-state index is 0.127. The summed E-state index contributed by atoms with van der Waals surface area (Å²) < 4.78 is 11.0. The SMILES string of the molecule is C=C1CCCN(C(=O)OCc2ccccc2)C1C(=O)Nc1ccc(C=Cc2ccc(NC(=O)C3CCCCN3C(=O)OCc3ccccc3)cc2)cc1. The predicted octanol–water partition coefficient (Wildman–Crippen LogP) is 8.28. The van der Waals surface area contributed by atoms with E-state index in [9.17, 15) is 19.2 Å². The molecule has 0 radical (unpaired) electrons. The number of ether oxygens (including phenoxy) is 2. The molecule has 0 bridgehead atoms. The fourth-order valence-corrected chi connectivity index (χ4v) is 6.50. The van der Waals surface area contributed by atoms with Crippen LogP contribution in [-0.4, -0.2) is 59.0 Å². The van der Waals surface area contributed by atoms with Crippen LogP contribution < -0.4 is 10.6 Å². The molecule has 2 atom stereocenters. The van der Waals surface area contributed by atoms with Gasteiger partial charge < -0.3 is 20.1 Å². The van der Waals surface area contributed by atoms with E-state index in [2.05, 4.69) is 17.2 Å². The Kier molecular flexibility index (Phi) is 12.3. The number of rotatable bonds is 10. The second-order valence-corrected chi connectivity index (χ2v) is 13.2. The van der Waals surface area contributed by atoms with Crippen LogP contribution in [0.2, 0.25) is 0 Å². The van der Waals surface area contributed by atoms with Crippen LogP contribution in [0.1, 0.15) is 54.4 Å². The maximum absolute atomic E-state index is 13.4. The van der Waals surface area contributed by atoms with Crippen LogP contribution in [0.25, 0.3) is 12.2 Å². The van der Waals surface area contributed by atoms with Crippen LogP contribution >= 0.6 is 0 Å². The van der Waals surface area contributed by atoms with Gasteiger partial charge in [0.2, 0.25) is 5.91 Å². The molecule has 2 fully saturated rings. The van der Waals surface area contributed by atoms with E-state index >= 15 is 0 Å². The molecule has 4 aromatic carbocycles. The van der Waals surface area contributed by atoms with Crippen molar-refractivity contribution in [2.24, 2.45) is 0 Å². The lowest BCUT2D eigenvalue weighted by Crippen LogP contribution is -2.51. The van der Waals surface area contributed by atoms with Crippen molar-refractivity contribution in [2.45, 2.75) is 57.4 Å². The van der Waals surface area contributed by atoms with Gasteiger partial charge in [0.15, 0.2) is 0 Å². The van der Waals surface area contributed by atoms with E-state index < -0.39 is 24.3 Å². The van der Waals surface area contributed by atoms with Crippen LogP contribution in [0.4, 0.5) is 21.0 Å². The monoisotopic (exact) mass is 712 g/mol. The van der Waals surface area contributed by atoms with Crippen molar-refractivity contribution in [3.8, 4) is 0 Å². The van der Waals surface area contributed by atoms with E-state index in [4.69, 9.17) is 9.47 Å². The van der Waals surface area contributed by atoms with Crippen LogP contribution in [0.5, 0.6) is 0 Å². The zero-order valence-electron chi connectivity index (χ0n) is 29.6. The molecular weight excluding hydrogens is 668 g/mol. The molecule has 2 heterocycles. The summed E-state index contributed by atoms with van der Waals surface area (Å²) in [5, 5.41) is 5.89. The highest BCUT2D eigenvalue weighted by Gasteiger charge is 2.36. The number of anilines is 2. The zero-order chi connectivity index (χ0) is 37.0. The third-order valence-electron chi connectivity index (χ3n) is 9.35. The van der Waals surface area contributed by atoms with Gasteiger partial charge in [0, 0.05) is 24.5 Å². The lowest BCUT2D eigenvalue weighted by Gasteiger charge is -2.35. The number of amides is 4. The molecule has 4 amide bonds. The molecule has 0 spiro atoms. The highest BCUT2D eigenvalue weighted by Crippen LogP contribution is 2.25. The van der Waals surface area contributed by atoms with Gasteiger partial charge in [-0.15, -0.1) is 0 Å². The first-order chi connectivity index (χ1) is 25.8. The summed E-state index contributed by atoms with van der Waals surface area (Å²) >= 11 is 0. The Labute approximate surface area is 310 Å². The van der Waals surface area contributed by atoms with Crippen LogP contribution in [-0.2, 0) is 32.3 Å². The van der Waals surface area contributed by atoms with Crippen molar-refractivity contribution in [3.05, 3.63) is 144 Å². The molecule has 2 unspecified atom stereocenters. The van der Waals surface area contributed by atoms with E-state index in [0.717, 1.165) is 35.1 Å². The standard InChI is InChI=1S/C43H44N4O6/c1-31-11-10-28-47(43(51)53-30-35-14-6-3-7-15-35)39(31)41(49)45-37-25-21-33(22-26-37)18-17-32-19-23-36(24-20-32)44-40(48)38-16-8-9-27-46(38)42(50)52-29-34-12-4-2-5-13-34/h2-7,12-15,17-26,38-39H,1,8-11,16,27-30H2,(H,44,48)(H,45,49). The fourth-order valence-electron chi connectivity index (χ4n) is 6.50. The van der Waals surface area contributed by atoms with Gasteiger partial charge in [-0.25, -0.2) is 9.59 Å². The summed E-state index contributed by atoms with van der Waals surface area (Å²) in [5.74, 6) is -0.568. The van der Waals surface area contributed by atoms with Crippen molar-refractivity contribution in [2.75, 3.05) is 23.7 Å². The van der Waals surface area contributed by atoms with E-state index in [1.807, 2.05) is 121 Å². The van der Waals surface area contributed by atoms with Gasteiger partial charge in [-0.05, 0) is 84.2 Å². The van der Waals surface area contributed by atoms with Gasteiger partial charge in [0.25, 0.3) is 5.91 Å². The molecule has 0 saturated carbocycles. The number of carbonyl (C=O) groups is 4. The molecule has 53 heavy (non-hydrogen) atoms. The molecule has 10 heteroatoms. The Morgan fingerprint density at radius 3 is 1.66 bits per heavy atom. The number of likely N-dealkylation sites (tertiary alicyclic amines) is 2. The maximum atomic E-state index is 13.4. The number of nitrogens with zero attached hydrogens (tertiary/aromatic N) is 2. The summed E-state index contributed by atoms with van der Waals surface area (Å²) in [6.07, 6.45) is 6.51. The molecule has 10 nitrogen and oxygen atoms in total. The molecular formula is C43H44N4O6. The number of piperidine rings is 2. The summed E-state index contributed by atoms with van der Waals surface area (Å²) in [6, 6.07) is 32.4. The average Bonchev–Trinajstić information content (AvgIpc) is 3.20. The quantitative estimate of drug-likeness (QED) is 0.126. The average molecular weight is 713 g/mol. The normalized spacial score (nSPS) is 17.2. The molecule has 4 aromatic rings. The second kappa shape index (κ2) is 17.9. The summed E-state index contributed by atoms with van der Waals surface area (Å²) in [7, 11) is 0. The van der Waals surface area contributed by atoms with Crippen molar-refractivity contribution >= 4 is 47.5 Å². The van der Waals surface area contributed by atoms with Crippen molar-refractivity contribution in [3.63, 3.8) is 0 Å². The van der Waals surface area contributed by atoms with Crippen molar-refractivity contribution in [1.82, 2.24) is 9.80 Å². The number of carbonyl (C=O) groups excluding carboxylic acids is 4. The summed E-state index contributed by atoms with van der Waals surface area (Å²) in [6.45, 7) is 5.25. The maximum Gasteiger partial charge on any atom is 0.411 e. The molecule has 0 aliphatic carbocycles. The van der Waals surface area contributed by atoms with Gasteiger partial charge in [-0.1, -0.05) is 104 Å². The first-order valence-corrected chi connectivity index (χ1v) is 18.0. The number of benzene rings is 4. The zero-order valence-corrected chi connectivity index (χ0v) is 29.6. The molecule has 2 aliphatic rings. The number of hydrogen-bond donors (Lipinski definition) is 2. The van der Waals surface area contributed by atoms with E-state index in [-0.39, 0.29) is 25.0 Å². The van der Waals surface area contributed by atoms with Crippen LogP contribution in [0.15, 0.2) is 121 Å². The topological polar surface area (TPSA) is 117 Å². The largest absolute Gasteiger partial charge is 0.445 e. The Bertz CT molecular complexity index is 1910. The highest BCUT2D eigenvalue weighted by atomic mass is 16.6. The second-order valence-electron chi connectivity index (χ2n) is 13.2. The lowest BCUT2D eigenvalue weighted by molar-refractivity contribution is -0.122. The van der Waals surface area contributed by atoms with E-state index in [1.165, 1.54) is 9.80 Å². The first kappa shape index (κ1) is 36.6. The minimum atomic E-state index is -0.817. The van der Waals surface area contributed by atoms with E-state index in [0.29, 0.717) is 49.3 Å². The van der Waals surface area contributed by atoms with Gasteiger partial charge in [0.1, 0.15) is 25.3 Å². The van der Waals surface area contributed by atoms with Crippen molar-refractivity contribution < 1.29 is 28.7 Å². The molecule has 6 rings (SSSR count). The Balaban J connectivity index is 0.994. The third-order valence-corrected chi connectivity index (χ3v) is 9.35. The highest BCUT2D eigenvalue weighted by molar-refractivity contribution is 5.99. The smallest absolute Gasteiger partial charge is 0.411 e. The molecule has 272 valence electrons. The molecule has 2 aliphatic heterocycles. The van der Waals surface area contributed by atoms with Crippen LogP contribution in [0.3, 0.4) is 0 Å². The minimum Gasteiger partial charge on any atom is -0.445 e. The van der Waals surface area contributed by atoms with Crippen molar-refractivity contribution in [1.29, 1.82) is 0 Å². The predicted molar refractivity (Wildman–Crippen MR) is 206 cm³/mol. The van der Waals surface area contributed by atoms with Gasteiger partial charge >= 0.3 is 12.2 Å². The van der Waals surface area contributed by atoms with E-state index in [1.54, 1.807) is 0 Å². The molecule has 2 N–H and O–H groups in total. The summed E-state index contributed by atoms with van der Waals surface area (Å²) in [5.41, 5.74) is 5.53. The molecule has 2 saturated heterocycles. The van der Waals surface area contributed by atoms with Gasteiger partial charge in [-0.3, -0.25) is 19.4 Å². The first-order valence-electron chi connectivity index (χ1n) is 18.0. The number of nitrogens with one attached hydrogen (secondary N) is 2. The summed E-state index contributed by atoms with van der Waals surface area (Å²) in [4.78, 5) is 55.5.